The first-order valence-corrected chi connectivity index (χ1v) is 8.88. The number of halogens is 1. The minimum Gasteiger partial charge on any atom is -0.486 e. The summed E-state index contributed by atoms with van der Waals surface area (Å²) in [6.45, 7) is 3.41. The van der Waals surface area contributed by atoms with E-state index in [4.69, 9.17) is 9.47 Å². The fraction of sp³-hybridized carbons (Fsp3) is 0.450. The largest absolute Gasteiger partial charge is 0.486 e. The quantitative estimate of drug-likeness (QED) is 0.853. The van der Waals surface area contributed by atoms with Gasteiger partial charge in [0.1, 0.15) is 17.7 Å². The second-order valence-corrected chi connectivity index (χ2v) is 7.07. The Hall–Kier alpha value is -1.98. The minimum atomic E-state index is -0.187. The molecule has 4 rings (SSSR count). The standard InChI is InChI=1S/C20H23FN2O2/c21-17-6-4-16(5-7-17)13-23-10-2-8-20(15-23)11-19(14-24-20)25-18-3-1-9-22-12-18/h1,3-7,9,12,19H,2,8,10-11,13-15H2/t19-,20-/m0/s1. The average molecular weight is 342 g/mol. The van der Waals surface area contributed by atoms with Gasteiger partial charge in [0.25, 0.3) is 0 Å². The Labute approximate surface area is 147 Å². The van der Waals surface area contributed by atoms with E-state index in [1.165, 1.54) is 12.1 Å². The van der Waals surface area contributed by atoms with Crippen molar-refractivity contribution < 1.29 is 13.9 Å². The van der Waals surface area contributed by atoms with Crippen LogP contribution in [0.25, 0.3) is 0 Å². The number of hydrogen-bond donors (Lipinski definition) is 0. The van der Waals surface area contributed by atoms with Crippen LogP contribution in [0.2, 0.25) is 0 Å². The van der Waals surface area contributed by atoms with Crippen molar-refractivity contribution in [3.05, 3.63) is 60.2 Å². The second-order valence-electron chi connectivity index (χ2n) is 7.07. The Morgan fingerprint density at radius 1 is 1.28 bits per heavy atom. The number of aromatic nitrogens is 1. The van der Waals surface area contributed by atoms with Crippen molar-refractivity contribution in [3.8, 4) is 5.75 Å². The zero-order valence-corrected chi connectivity index (χ0v) is 14.2. The Morgan fingerprint density at radius 2 is 2.16 bits per heavy atom. The molecule has 0 amide bonds. The molecule has 1 aromatic heterocycles. The molecule has 1 spiro atoms. The number of ether oxygens (including phenoxy) is 2. The second kappa shape index (κ2) is 7.10. The van der Waals surface area contributed by atoms with E-state index in [0.717, 1.165) is 50.2 Å². The Kier molecular flexibility index (Phi) is 4.68. The molecule has 4 nitrogen and oxygen atoms in total. The summed E-state index contributed by atoms with van der Waals surface area (Å²) in [5.41, 5.74) is 1.02. The van der Waals surface area contributed by atoms with Gasteiger partial charge in [0.2, 0.25) is 0 Å². The van der Waals surface area contributed by atoms with E-state index in [0.29, 0.717) is 6.61 Å². The number of pyridine rings is 1. The molecule has 3 heterocycles. The van der Waals surface area contributed by atoms with Crippen LogP contribution in [0.1, 0.15) is 24.8 Å². The molecule has 0 aliphatic carbocycles. The number of nitrogens with zero attached hydrogens (tertiary/aromatic N) is 2. The maximum absolute atomic E-state index is 13.1. The first kappa shape index (κ1) is 16.5. The van der Waals surface area contributed by atoms with Gasteiger partial charge in [-0.2, -0.15) is 0 Å². The zero-order chi connectivity index (χ0) is 17.1. The third kappa shape index (κ3) is 3.99. The number of likely N-dealkylation sites (tertiary alicyclic amines) is 1. The Morgan fingerprint density at radius 3 is 2.96 bits per heavy atom. The third-order valence-corrected chi connectivity index (χ3v) is 5.05. The van der Waals surface area contributed by atoms with Crippen LogP contribution in [0.4, 0.5) is 4.39 Å². The summed E-state index contributed by atoms with van der Waals surface area (Å²) in [6, 6.07) is 10.6. The molecule has 0 N–H and O–H groups in total. The van der Waals surface area contributed by atoms with Crippen LogP contribution in [0.15, 0.2) is 48.8 Å². The van der Waals surface area contributed by atoms with Gasteiger partial charge in [-0.05, 0) is 49.2 Å². The molecule has 132 valence electrons. The molecule has 0 saturated carbocycles. The van der Waals surface area contributed by atoms with Crippen LogP contribution in [0.3, 0.4) is 0 Å². The van der Waals surface area contributed by atoms with E-state index in [2.05, 4.69) is 9.88 Å². The summed E-state index contributed by atoms with van der Waals surface area (Å²) in [5, 5.41) is 0. The van der Waals surface area contributed by atoms with Gasteiger partial charge in [-0.25, -0.2) is 4.39 Å². The molecule has 25 heavy (non-hydrogen) atoms. The van der Waals surface area contributed by atoms with Gasteiger partial charge >= 0.3 is 0 Å². The molecule has 0 unspecified atom stereocenters. The van der Waals surface area contributed by atoms with Crippen molar-refractivity contribution in [2.45, 2.75) is 37.5 Å². The van der Waals surface area contributed by atoms with Gasteiger partial charge in [0.15, 0.2) is 0 Å². The van der Waals surface area contributed by atoms with Crippen molar-refractivity contribution in [1.29, 1.82) is 0 Å². The topological polar surface area (TPSA) is 34.6 Å². The molecule has 1 aromatic carbocycles. The monoisotopic (exact) mass is 342 g/mol. The number of rotatable bonds is 4. The number of hydrogen-bond acceptors (Lipinski definition) is 4. The Balaban J connectivity index is 1.36. The molecule has 2 aromatic rings. The first-order chi connectivity index (χ1) is 12.2. The van der Waals surface area contributed by atoms with E-state index >= 15 is 0 Å². The molecule has 2 saturated heterocycles. The van der Waals surface area contributed by atoms with Crippen LogP contribution < -0.4 is 4.74 Å². The van der Waals surface area contributed by atoms with E-state index in [-0.39, 0.29) is 17.5 Å². The van der Waals surface area contributed by atoms with Crippen LogP contribution in [0, 0.1) is 5.82 Å². The highest BCUT2D eigenvalue weighted by molar-refractivity contribution is 5.17. The maximum atomic E-state index is 13.1. The van der Waals surface area contributed by atoms with Gasteiger partial charge in [0, 0.05) is 25.7 Å². The minimum absolute atomic E-state index is 0.0787. The maximum Gasteiger partial charge on any atom is 0.138 e. The van der Waals surface area contributed by atoms with Crippen LogP contribution in [-0.2, 0) is 11.3 Å². The fourth-order valence-electron chi connectivity index (χ4n) is 3.95. The lowest BCUT2D eigenvalue weighted by Crippen LogP contribution is -2.47. The summed E-state index contributed by atoms with van der Waals surface area (Å²) >= 11 is 0. The molecular formula is C20H23FN2O2. The SMILES string of the molecule is Fc1ccc(CN2CCC[C@]3(C[C@H](Oc4cccnc4)CO3)C2)cc1. The molecule has 2 aliphatic heterocycles. The highest BCUT2D eigenvalue weighted by atomic mass is 19.1. The normalized spacial score (nSPS) is 26.8. The van der Waals surface area contributed by atoms with E-state index in [9.17, 15) is 4.39 Å². The lowest BCUT2D eigenvalue weighted by Gasteiger charge is -2.39. The van der Waals surface area contributed by atoms with E-state index < -0.39 is 0 Å². The lowest BCUT2D eigenvalue weighted by molar-refractivity contribution is -0.0538. The molecule has 2 aliphatic rings. The summed E-state index contributed by atoms with van der Waals surface area (Å²) in [6.07, 6.45) is 6.65. The van der Waals surface area contributed by atoms with Gasteiger partial charge in [-0.15, -0.1) is 0 Å². The lowest BCUT2D eigenvalue weighted by atomic mass is 9.89. The van der Waals surface area contributed by atoms with Crippen molar-refractivity contribution in [2.75, 3.05) is 19.7 Å². The van der Waals surface area contributed by atoms with Crippen LogP contribution in [-0.4, -0.2) is 41.3 Å². The van der Waals surface area contributed by atoms with Crippen molar-refractivity contribution >= 4 is 0 Å². The van der Waals surface area contributed by atoms with Crippen LogP contribution >= 0.6 is 0 Å². The highest BCUT2D eigenvalue weighted by Gasteiger charge is 2.44. The van der Waals surface area contributed by atoms with E-state index in [1.807, 2.05) is 24.3 Å². The van der Waals surface area contributed by atoms with Crippen molar-refractivity contribution in [1.82, 2.24) is 9.88 Å². The van der Waals surface area contributed by atoms with Gasteiger partial charge in [-0.1, -0.05) is 12.1 Å². The summed E-state index contributed by atoms with van der Waals surface area (Å²) in [4.78, 5) is 6.50. The average Bonchev–Trinajstić information content (AvgIpc) is 3.00. The number of piperidine rings is 1. The Bertz CT molecular complexity index is 695. The zero-order valence-electron chi connectivity index (χ0n) is 14.2. The van der Waals surface area contributed by atoms with Crippen molar-refractivity contribution in [3.63, 3.8) is 0 Å². The fourth-order valence-corrected chi connectivity index (χ4v) is 3.95. The highest BCUT2D eigenvalue weighted by Crippen LogP contribution is 2.36. The summed E-state index contributed by atoms with van der Waals surface area (Å²) in [5.74, 6) is 0.612. The predicted molar refractivity (Wildman–Crippen MR) is 92.9 cm³/mol. The summed E-state index contributed by atoms with van der Waals surface area (Å²) < 4.78 is 25.3. The van der Waals surface area contributed by atoms with Gasteiger partial charge < -0.3 is 9.47 Å². The molecule has 0 radical (unpaired) electrons. The molecular weight excluding hydrogens is 319 g/mol. The van der Waals surface area contributed by atoms with Crippen LogP contribution in [0.5, 0.6) is 5.75 Å². The van der Waals surface area contributed by atoms with E-state index in [1.54, 1.807) is 12.4 Å². The predicted octanol–water partition coefficient (Wildman–Crippen LogP) is 3.42. The van der Waals surface area contributed by atoms with Gasteiger partial charge in [0.05, 0.1) is 18.4 Å². The molecule has 2 atom stereocenters. The summed E-state index contributed by atoms with van der Waals surface area (Å²) in [7, 11) is 0. The smallest absolute Gasteiger partial charge is 0.138 e. The first-order valence-electron chi connectivity index (χ1n) is 8.88. The number of benzene rings is 1. The van der Waals surface area contributed by atoms with Crippen molar-refractivity contribution in [2.24, 2.45) is 0 Å². The van der Waals surface area contributed by atoms with Gasteiger partial charge in [-0.3, -0.25) is 9.88 Å². The third-order valence-electron chi connectivity index (χ3n) is 5.05. The molecule has 0 bridgehead atoms. The molecule has 5 heteroatoms. The molecule has 2 fully saturated rings.